The summed E-state index contributed by atoms with van der Waals surface area (Å²) in [6.07, 6.45) is 0. The van der Waals surface area contributed by atoms with Gasteiger partial charge in [0.25, 0.3) is 0 Å². The molecule has 0 saturated carbocycles. The molecule has 2 aromatic carbocycles. The van der Waals surface area contributed by atoms with Crippen molar-refractivity contribution in [2.75, 3.05) is 0 Å². The minimum atomic E-state index is -0.0633. The van der Waals surface area contributed by atoms with E-state index in [1.807, 2.05) is 31.2 Å². The first-order valence-corrected chi connectivity index (χ1v) is 6.17. The molecule has 0 aliphatic heterocycles. The largest absolute Gasteiger partial charge is 0.488 e. The Kier molecular flexibility index (Phi) is 5.77. The quantitative estimate of drug-likeness (QED) is 0.672. The first kappa shape index (κ1) is 16.5. The van der Waals surface area contributed by atoms with Crippen LogP contribution in [0.15, 0.2) is 42.5 Å². The van der Waals surface area contributed by atoms with E-state index in [0.717, 1.165) is 5.56 Å². The normalized spacial score (nSPS) is 9.33. The molecule has 0 saturated heterocycles. The van der Waals surface area contributed by atoms with Crippen LogP contribution in [0.3, 0.4) is 0 Å². The van der Waals surface area contributed by atoms with Crippen molar-refractivity contribution < 1.29 is 4.74 Å². The number of halogens is 1. The predicted octanol–water partition coefficient (Wildman–Crippen LogP) is 3.15. The molecule has 0 aliphatic rings. The minimum Gasteiger partial charge on any atom is -0.488 e. The topological polar surface area (TPSA) is 82.9 Å². The van der Waals surface area contributed by atoms with E-state index in [1.54, 1.807) is 18.2 Å². The van der Waals surface area contributed by atoms with E-state index in [0.29, 0.717) is 23.5 Å². The van der Waals surface area contributed by atoms with Gasteiger partial charge in [-0.3, -0.25) is 5.41 Å². The number of ether oxygens (including phenoxy) is 1. The highest BCUT2D eigenvalue weighted by atomic mass is 35.5. The summed E-state index contributed by atoms with van der Waals surface area (Å²) in [5, 5.41) is 16.5. The lowest BCUT2D eigenvalue weighted by molar-refractivity contribution is 0.305. The lowest BCUT2D eigenvalue weighted by Crippen LogP contribution is -2.11. The molecule has 0 radical (unpaired) electrons. The van der Waals surface area contributed by atoms with Crippen LogP contribution >= 0.6 is 12.4 Å². The summed E-state index contributed by atoms with van der Waals surface area (Å²) in [5.74, 6) is 0.435. The summed E-state index contributed by atoms with van der Waals surface area (Å²) >= 11 is 0. The number of benzene rings is 2. The van der Waals surface area contributed by atoms with Crippen molar-refractivity contribution >= 4 is 18.2 Å². The number of nitrogens with zero attached hydrogens (tertiary/aromatic N) is 1. The monoisotopic (exact) mass is 301 g/mol. The molecule has 0 amide bonds. The number of aryl methyl sites for hydroxylation is 1. The van der Waals surface area contributed by atoms with Crippen molar-refractivity contribution in [1.82, 2.24) is 0 Å². The fraction of sp³-hybridized carbons (Fsp3) is 0.125. The predicted molar refractivity (Wildman–Crippen MR) is 84.9 cm³/mol. The van der Waals surface area contributed by atoms with Crippen molar-refractivity contribution in [3.8, 4) is 11.8 Å². The van der Waals surface area contributed by atoms with Crippen molar-refractivity contribution in [3.63, 3.8) is 0 Å². The summed E-state index contributed by atoms with van der Waals surface area (Å²) in [5.41, 5.74) is 8.53. The summed E-state index contributed by atoms with van der Waals surface area (Å²) in [6, 6.07) is 15.0. The lowest BCUT2D eigenvalue weighted by Gasteiger charge is -2.09. The van der Waals surface area contributed by atoms with E-state index in [9.17, 15) is 0 Å². The highest BCUT2D eigenvalue weighted by Gasteiger charge is 2.06. The third-order valence-corrected chi connectivity index (χ3v) is 2.93. The van der Waals surface area contributed by atoms with Gasteiger partial charge in [-0.25, -0.2) is 0 Å². The maximum Gasteiger partial charge on any atom is 0.137 e. The molecular weight excluding hydrogens is 286 g/mol. The van der Waals surface area contributed by atoms with Crippen LogP contribution in [0.25, 0.3) is 0 Å². The van der Waals surface area contributed by atoms with Gasteiger partial charge in [-0.2, -0.15) is 5.26 Å². The zero-order valence-corrected chi connectivity index (χ0v) is 12.4. The Morgan fingerprint density at radius 2 is 1.90 bits per heavy atom. The Labute approximate surface area is 130 Å². The number of amidine groups is 1. The van der Waals surface area contributed by atoms with E-state index in [1.165, 1.54) is 5.56 Å². The zero-order valence-electron chi connectivity index (χ0n) is 11.6. The first-order chi connectivity index (χ1) is 9.60. The van der Waals surface area contributed by atoms with Crippen LogP contribution in [0.2, 0.25) is 0 Å². The van der Waals surface area contributed by atoms with Crippen molar-refractivity contribution in [3.05, 3.63) is 64.7 Å². The van der Waals surface area contributed by atoms with Gasteiger partial charge in [-0.1, -0.05) is 29.8 Å². The zero-order chi connectivity index (χ0) is 14.5. The molecule has 3 N–H and O–H groups in total. The van der Waals surface area contributed by atoms with Crippen LogP contribution in [-0.4, -0.2) is 5.84 Å². The molecular formula is C16H16ClN3O. The molecule has 0 unspecified atom stereocenters. The number of nitrogens with two attached hydrogens (primary N) is 1. The second kappa shape index (κ2) is 7.32. The second-order valence-electron chi connectivity index (χ2n) is 4.51. The van der Waals surface area contributed by atoms with Crippen molar-refractivity contribution in [2.24, 2.45) is 5.73 Å². The number of nitrogen functional groups attached to an aromatic ring is 1. The maximum absolute atomic E-state index is 9.12. The van der Waals surface area contributed by atoms with E-state index < -0.39 is 0 Å². The Morgan fingerprint density at radius 1 is 1.24 bits per heavy atom. The van der Waals surface area contributed by atoms with Crippen LogP contribution in [0.5, 0.6) is 5.75 Å². The second-order valence-corrected chi connectivity index (χ2v) is 4.51. The van der Waals surface area contributed by atoms with Crippen LogP contribution < -0.4 is 10.5 Å². The Balaban J connectivity index is 0.00000220. The van der Waals surface area contributed by atoms with Crippen LogP contribution in [0.1, 0.15) is 22.3 Å². The van der Waals surface area contributed by atoms with Gasteiger partial charge >= 0.3 is 0 Å². The molecule has 0 fully saturated rings. The molecule has 0 aromatic heterocycles. The van der Waals surface area contributed by atoms with Gasteiger partial charge in [-0.15, -0.1) is 12.4 Å². The van der Waals surface area contributed by atoms with Gasteiger partial charge in [0.1, 0.15) is 24.3 Å². The molecule has 0 spiro atoms. The Morgan fingerprint density at radius 3 is 2.48 bits per heavy atom. The highest BCUT2D eigenvalue weighted by Crippen LogP contribution is 2.20. The molecule has 5 heteroatoms. The van der Waals surface area contributed by atoms with Gasteiger partial charge in [0.2, 0.25) is 0 Å². The average molecular weight is 302 g/mol. The number of nitrogens with one attached hydrogen (secondary N) is 1. The summed E-state index contributed by atoms with van der Waals surface area (Å²) in [4.78, 5) is 0. The fourth-order valence-corrected chi connectivity index (χ4v) is 1.76. The van der Waals surface area contributed by atoms with Gasteiger partial charge in [0.05, 0.1) is 5.56 Å². The maximum atomic E-state index is 9.12. The summed E-state index contributed by atoms with van der Waals surface area (Å²) in [7, 11) is 0. The van der Waals surface area contributed by atoms with E-state index >= 15 is 0 Å². The SMILES string of the molecule is Cc1ccc(COc2ccc(C(=N)N)cc2C#N)cc1.Cl. The molecule has 0 bridgehead atoms. The molecule has 4 nitrogen and oxygen atoms in total. The van der Waals surface area contributed by atoms with Crippen molar-refractivity contribution in [2.45, 2.75) is 13.5 Å². The van der Waals surface area contributed by atoms with E-state index in [4.69, 9.17) is 21.1 Å². The molecule has 2 aromatic rings. The molecule has 2 rings (SSSR count). The first-order valence-electron chi connectivity index (χ1n) is 6.17. The Bertz CT molecular complexity index is 675. The smallest absolute Gasteiger partial charge is 0.137 e. The van der Waals surface area contributed by atoms with Gasteiger partial charge in [-0.05, 0) is 30.7 Å². The van der Waals surface area contributed by atoms with Crippen LogP contribution in [0, 0.1) is 23.7 Å². The Hall–Kier alpha value is -2.51. The third-order valence-electron chi connectivity index (χ3n) is 2.93. The molecule has 108 valence electrons. The van der Waals surface area contributed by atoms with Crippen LogP contribution in [0.4, 0.5) is 0 Å². The average Bonchev–Trinajstić information content (AvgIpc) is 2.46. The summed E-state index contributed by atoms with van der Waals surface area (Å²) < 4.78 is 5.65. The third kappa shape index (κ3) is 4.23. The molecule has 21 heavy (non-hydrogen) atoms. The van der Waals surface area contributed by atoms with E-state index in [2.05, 4.69) is 6.07 Å². The van der Waals surface area contributed by atoms with Gasteiger partial charge in [0.15, 0.2) is 0 Å². The highest BCUT2D eigenvalue weighted by molar-refractivity contribution is 5.95. The molecule has 0 heterocycles. The van der Waals surface area contributed by atoms with Gasteiger partial charge in [0, 0.05) is 5.56 Å². The summed E-state index contributed by atoms with van der Waals surface area (Å²) in [6.45, 7) is 2.42. The standard InChI is InChI=1S/C16H15N3O.ClH/c1-11-2-4-12(5-3-11)10-20-15-7-6-13(16(18)19)8-14(15)9-17;/h2-8H,10H2,1H3,(H3,18,19);1H. The van der Waals surface area contributed by atoms with E-state index in [-0.39, 0.29) is 18.2 Å². The lowest BCUT2D eigenvalue weighted by atomic mass is 10.1. The molecule has 0 aliphatic carbocycles. The van der Waals surface area contributed by atoms with Crippen molar-refractivity contribution in [1.29, 1.82) is 10.7 Å². The number of hydrogen-bond acceptors (Lipinski definition) is 3. The van der Waals surface area contributed by atoms with Gasteiger partial charge < -0.3 is 10.5 Å². The number of nitriles is 1. The van der Waals surface area contributed by atoms with Crippen LogP contribution in [-0.2, 0) is 6.61 Å². The number of hydrogen-bond donors (Lipinski definition) is 2. The molecule has 0 atom stereocenters. The fourth-order valence-electron chi connectivity index (χ4n) is 1.76. The number of rotatable bonds is 4. The minimum absolute atomic E-state index is 0.